The molecule has 8 nitrogen and oxygen atoms in total. The summed E-state index contributed by atoms with van der Waals surface area (Å²) < 4.78 is 60.7. The molecule has 3 aromatic rings. The van der Waals surface area contributed by atoms with E-state index in [0.29, 0.717) is 28.3 Å². The van der Waals surface area contributed by atoms with Gasteiger partial charge in [-0.1, -0.05) is 32.9 Å². The van der Waals surface area contributed by atoms with Gasteiger partial charge < -0.3 is 23.8 Å². The van der Waals surface area contributed by atoms with Crippen LogP contribution in [0.25, 0.3) is 0 Å². The van der Waals surface area contributed by atoms with Crippen LogP contribution in [0.3, 0.4) is 0 Å². The monoisotopic (exact) mass is 535 g/mol. The van der Waals surface area contributed by atoms with Gasteiger partial charge in [-0.2, -0.15) is 5.10 Å². The van der Waals surface area contributed by atoms with Crippen molar-refractivity contribution in [2.75, 3.05) is 21.3 Å². The van der Waals surface area contributed by atoms with Gasteiger partial charge >= 0.3 is 6.36 Å². The first-order valence-electron chi connectivity index (χ1n) is 11.7. The summed E-state index contributed by atoms with van der Waals surface area (Å²) in [5, 5.41) is 4.50. The summed E-state index contributed by atoms with van der Waals surface area (Å²) in [5.74, 6) is 0.0667. The highest BCUT2D eigenvalue weighted by molar-refractivity contribution is 5.92. The molecule has 0 unspecified atom stereocenters. The second-order valence-corrected chi connectivity index (χ2v) is 9.62. The minimum atomic E-state index is -4.91. The smallest absolute Gasteiger partial charge is 0.497 e. The van der Waals surface area contributed by atoms with Gasteiger partial charge in [-0.15, -0.1) is 13.2 Å². The van der Waals surface area contributed by atoms with Crippen molar-refractivity contribution in [3.63, 3.8) is 0 Å². The fourth-order valence-electron chi connectivity index (χ4n) is 3.91. The van der Waals surface area contributed by atoms with Gasteiger partial charge in [-0.3, -0.25) is 9.48 Å². The first-order chi connectivity index (χ1) is 17.8. The number of hydrogen-bond donors (Lipinski definition) is 0. The lowest BCUT2D eigenvalue weighted by Gasteiger charge is -2.25. The van der Waals surface area contributed by atoms with Gasteiger partial charge in [-0.05, 0) is 24.3 Å². The molecule has 0 bridgehead atoms. The number of rotatable bonds is 9. The van der Waals surface area contributed by atoms with Crippen molar-refractivity contribution in [3.05, 3.63) is 65.0 Å². The molecule has 0 aliphatic rings. The van der Waals surface area contributed by atoms with Crippen molar-refractivity contribution in [2.24, 2.45) is 7.05 Å². The van der Waals surface area contributed by atoms with Crippen molar-refractivity contribution in [2.45, 2.75) is 45.6 Å². The van der Waals surface area contributed by atoms with E-state index in [-0.39, 0.29) is 30.2 Å². The first kappa shape index (κ1) is 28.7. The van der Waals surface area contributed by atoms with Crippen molar-refractivity contribution in [3.8, 4) is 23.0 Å². The number of aromatic nitrogens is 2. The molecule has 2 aromatic carbocycles. The topological polar surface area (TPSA) is 75.0 Å². The van der Waals surface area contributed by atoms with Crippen LogP contribution in [0, 0.1) is 0 Å². The highest BCUT2D eigenvalue weighted by atomic mass is 19.4. The lowest BCUT2D eigenvalue weighted by molar-refractivity contribution is -0.275. The van der Waals surface area contributed by atoms with Crippen molar-refractivity contribution < 1.29 is 36.9 Å². The van der Waals surface area contributed by atoms with Crippen LogP contribution in [-0.4, -0.2) is 48.3 Å². The number of halogens is 3. The van der Waals surface area contributed by atoms with E-state index in [1.54, 1.807) is 37.4 Å². The van der Waals surface area contributed by atoms with Crippen LogP contribution in [0.4, 0.5) is 13.2 Å². The third-order valence-corrected chi connectivity index (χ3v) is 5.86. The molecule has 0 N–H and O–H groups in total. The van der Waals surface area contributed by atoms with Gasteiger partial charge in [-0.25, -0.2) is 0 Å². The average Bonchev–Trinajstić information content (AvgIpc) is 3.24. The van der Waals surface area contributed by atoms with Crippen molar-refractivity contribution >= 4 is 5.91 Å². The zero-order valence-corrected chi connectivity index (χ0v) is 22.5. The zero-order valence-electron chi connectivity index (χ0n) is 22.5. The van der Waals surface area contributed by atoms with E-state index in [0.717, 1.165) is 11.8 Å². The predicted molar refractivity (Wildman–Crippen MR) is 135 cm³/mol. The van der Waals surface area contributed by atoms with Crippen LogP contribution in [0.15, 0.2) is 42.5 Å². The number of benzene rings is 2. The summed E-state index contributed by atoms with van der Waals surface area (Å²) in [6.45, 7) is 5.96. The summed E-state index contributed by atoms with van der Waals surface area (Å²) in [4.78, 5) is 15.4. The van der Waals surface area contributed by atoms with Crippen LogP contribution < -0.4 is 18.9 Å². The summed E-state index contributed by atoms with van der Waals surface area (Å²) in [6, 6.07) is 11.1. The SMILES string of the molecule is COc1ccc(CN(Cc2cccc(OC(F)(F)F)c2OC)C(=O)c2cc(C(C)(C)C)nn2C)c(OC)c1. The largest absolute Gasteiger partial charge is 0.573 e. The molecule has 206 valence electrons. The van der Waals surface area contributed by atoms with Crippen LogP contribution in [-0.2, 0) is 25.6 Å². The third-order valence-electron chi connectivity index (χ3n) is 5.86. The van der Waals surface area contributed by atoms with Gasteiger partial charge in [0.2, 0.25) is 0 Å². The average molecular weight is 536 g/mol. The second-order valence-electron chi connectivity index (χ2n) is 9.62. The number of para-hydroxylation sites is 1. The molecule has 1 aromatic heterocycles. The highest BCUT2D eigenvalue weighted by Crippen LogP contribution is 2.36. The predicted octanol–water partition coefficient (Wildman–Crippen LogP) is 5.48. The maximum absolute atomic E-state index is 13.9. The lowest BCUT2D eigenvalue weighted by atomic mass is 9.92. The Labute approximate surface area is 219 Å². The van der Waals surface area contributed by atoms with Crippen molar-refractivity contribution in [1.82, 2.24) is 14.7 Å². The van der Waals surface area contributed by atoms with E-state index in [1.807, 2.05) is 20.8 Å². The Morgan fingerprint density at radius 2 is 1.61 bits per heavy atom. The van der Waals surface area contributed by atoms with E-state index >= 15 is 0 Å². The molecule has 1 amide bonds. The molecule has 0 radical (unpaired) electrons. The lowest BCUT2D eigenvalue weighted by Crippen LogP contribution is -2.32. The molecule has 38 heavy (non-hydrogen) atoms. The molecule has 0 saturated carbocycles. The van der Waals surface area contributed by atoms with E-state index in [1.165, 1.54) is 37.0 Å². The molecule has 0 atom stereocenters. The van der Waals surface area contributed by atoms with Crippen LogP contribution in [0.5, 0.6) is 23.0 Å². The molecular weight excluding hydrogens is 503 g/mol. The minimum absolute atomic E-state index is 0.0789. The molecule has 0 saturated heterocycles. The first-order valence-corrected chi connectivity index (χ1v) is 11.7. The Morgan fingerprint density at radius 1 is 0.921 bits per heavy atom. The maximum atomic E-state index is 13.9. The summed E-state index contributed by atoms with van der Waals surface area (Å²) in [5.41, 5.74) is 1.75. The quantitative estimate of drug-likeness (QED) is 0.361. The highest BCUT2D eigenvalue weighted by Gasteiger charge is 2.33. The molecule has 3 rings (SSSR count). The number of carbonyl (C=O) groups is 1. The molecule has 0 spiro atoms. The van der Waals surface area contributed by atoms with Gasteiger partial charge in [0, 0.05) is 29.7 Å². The number of nitrogens with zero attached hydrogens (tertiary/aromatic N) is 3. The second kappa shape index (κ2) is 11.2. The van der Waals surface area contributed by atoms with Gasteiger partial charge in [0.15, 0.2) is 11.5 Å². The van der Waals surface area contributed by atoms with E-state index in [4.69, 9.17) is 14.2 Å². The molecule has 0 aliphatic carbocycles. The summed E-state index contributed by atoms with van der Waals surface area (Å²) in [6.07, 6.45) is -4.91. The number of methoxy groups -OCH3 is 3. The third kappa shape index (κ3) is 6.70. The minimum Gasteiger partial charge on any atom is -0.497 e. The number of ether oxygens (including phenoxy) is 4. The number of hydrogen-bond acceptors (Lipinski definition) is 6. The van der Waals surface area contributed by atoms with E-state index in [2.05, 4.69) is 9.84 Å². The summed E-state index contributed by atoms with van der Waals surface area (Å²) >= 11 is 0. The molecular formula is C27H32F3N3O5. The maximum Gasteiger partial charge on any atom is 0.573 e. The van der Waals surface area contributed by atoms with Gasteiger partial charge in [0.1, 0.15) is 17.2 Å². The van der Waals surface area contributed by atoms with Crippen molar-refractivity contribution in [1.29, 1.82) is 0 Å². The summed E-state index contributed by atoms with van der Waals surface area (Å²) in [7, 11) is 5.95. The van der Waals surface area contributed by atoms with Crippen LogP contribution >= 0.6 is 0 Å². The Balaban J connectivity index is 2.08. The van der Waals surface area contributed by atoms with E-state index < -0.39 is 12.1 Å². The standard InChI is InChI=1S/C27H32F3N3O5/c1-26(2,3)23-14-20(32(4)31-23)25(34)33(15-17-11-12-19(35-5)13-22(17)36-6)16-18-9-8-10-21(24(18)37-7)38-27(28,29)30/h8-14H,15-16H2,1-7H3. The van der Waals surface area contributed by atoms with Crippen LogP contribution in [0.1, 0.15) is 48.1 Å². The Hall–Kier alpha value is -3.89. The van der Waals surface area contributed by atoms with Crippen LogP contribution in [0.2, 0.25) is 0 Å². The molecule has 11 heteroatoms. The zero-order chi connectivity index (χ0) is 28.3. The van der Waals surface area contributed by atoms with Gasteiger partial charge in [0.25, 0.3) is 5.91 Å². The number of amides is 1. The Kier molecular flexibility index (Phi) is 8.48. The fourth-order valence-corrected chi connectivity index (χ4v) is 3.91. The fraction of sp³-hybridized carbons (Fsp3) is 0.407. The number of aryl methyl sites for hydroxylation is 1. The molecule has 1 heterocycles. The number of alkyl halides is 3. The Bertz CT molecular complexity index is 1280. The molecule has 0 fully saturated rings. The molecule has 0 aliphatic heterocycles. The van der Waals surface area contributed by atoms with E-state index in [9.17, 15) is 18.0 Å². The number of carbonyl (C=O) groups excluding carboxylic acids is 1. The van der Waals surface area contributed by atoms with Gasteiger partial charge in [0.05, 0.1) is 40.1 Å². The Morgan fingerprint density at radius 3 is 2.16 bits per heavy atom. The normalized spacial score (nSPS) is 11.7.